The molecule has 2 aromatic rings. The number of hydrogen-bond donors (Lipinski definition) is 2. The van der Waals surface area contributed by atoms with Crippen LogP contribution in [0.1, 0.15) is 36.7 Å². The first kappa shape index (κ1) is 22.6. The lowest BCUT2D eigenvalue weighted by Gasteiger charge is -2.25. The fourth-order valence-corrected chi connectivity index (χ4v) is 3.56. The molecule has 1 aliphatic heterocycles. The average molecular weight is 493 g/mol. The third-order valence-electron chi connectivity index (χ3n) is 4.92. The van der Waals surface area contributed by atoms with Crippen molar-refractivity contribution in [3.05, 3.63) is 65.5 Å². The summed E-state index contributed by atoms with van der Waals surface area (Å²) in [5.41, 5.74) is 3.41. The van der Waals surface area contributed by atoms with Gasteiger partial charge in [-0.05, 0) is 50.9 Å². The fourth-order valence-electron chi connectivity index (χ4n) is 3.56. The molecule has 0 amide bonds. The maximum atomic E-state index is 4.71. The second kappa shape index (κ2) is 12.0. The van der Waals surface area contributed by atoms with E-state index in [9.17, 15) is 0 Å². The van der Waals surface area contributed by atoms with Crippen molar-refractivity contribution < 1.29 is 0 Å². The highest BCUT2D eigenvalue weighted by Crippen LogP contribution is 2.19. The van der Waals surface area contributed by atoms with Crippen LogP contribution in [0.4, 0.5) is 0 Å². The van der Waals surface area contributed by atoms with Crippen LogP contribution in [0, 0.1) is 6.92 Å². The van der Waals surface area contributed by atoms with Gasteiger partial charge in [0.1, 0.15) is 0 Å². The number of pyridine rings is 1. The molecule has 0 radical (unpaired) electrons. The number of hydrogen-bond acceptors (Lipinski definition) is 3. The van der Waals surface area contributed by atoms with Crippen molar-refractivity contribution in [1.29, 1.82) is 0 Å². The normalized spacial score (nSPS) is 17.2. The molecule has 0 bridgehead atoms. The highest BCUT2D eigenvalue weighted by molar-refractivity contribution is 14.0. The first-order valence-corrected chi connectivity index (χ1v) is 9.97. The van der Waals surface area contributed by atoms with Gasteiger partial charge in [0.05, 0.1) is 12.2 Å². The molecule has 1 aromatic carbocycles. The molecular weight excluding hydrogens is 461 g/mol. The van der Waals surface area contributed by atoms with Crippen LogP contribution < -0.4 is 10.6 Å². The first-order chi connectivity index (χ1) is 13.2. The Bertz CT molecular complexity index is 735. The summed E-state index contributed by atoms with van der Waals surface area (Å²) in [5, 5.41) is 6.88. The van der Waals surface area contributed by atoms with Gasteiger partial charge >= 0.3 is 0 Å². The molecule has 0 spiro atoms. The Hall–Kier alpha value is -1.67. The molecule has 6 heteroatoms. The summed E-state index contributed by atoms with van der Waals surface area (Å²) >= 11 is 0. The summed E-state index contributed by atoms with van der Waals surface area (Å²) in [7, 11) is 0. The number of aromatic nitrogens is 1. The number of likely N-dealkylation sites (tertiary alicyclic amines) is 1. The van der Waals surface area contributed by atoms with Crippen molar-refractivity contribution in [3.8, 4) is 0 Å². The summed E-state index contributed by atoms with van der Waals surface area (Å²) in [6, 6.07) is 17.4. The zero-order valence-electron chi connectivity index (χ0n) is 16.9. The van der Waals surface area contributed by atoms with Crippen LogP contribution in [-0.2, 0) is 13.1 Å². The van der Waals surface area contributed by atoms with Gasteiger partial charge in [0.2, 0.25) is 0 Å². The minimum Gasteiger partial charge on any atom is -0.357 e. The lowest BCUT2D eigenvalue weighted by Crippen LogP contribution is -2.44. The smallest absolute Gasteiger partial charge is 0.191 e. The monoisotopic (exact) mass is 493 g/mol. The van der Waals surface area contributed by atoms with Crippen molar-refractivity contribution in [2.45, 2.75) is 45.8 Å². The van der Waals surface area contributed by atoms with Crippen LogP contribution in [0.25, 0.3) is 0 Å². The fraction of sp³-hybridized carbons (Fsp3) is 0.455. The minimum absolute atomic E-state index is 0. The molecule has 1 saturated heterocycles. The molecule has 152 valence electrons. The maximum absolute atomic E-state index is 4.71. The van der Waals surface area contributed by atoms with E-state index in [1.165, 1.54) is 24.9 Å². The summed E-state index contributed by atoms with van der Waals surface area (Å²) in [6.07, 6.45) is 2.50. The van der Waals surface area contributed by atoms with Crippen LogP contribution in [0.2, 0.25) is 0 Å². The van der Waals surface area contributed by atoms with E-state index in [1.54, 1.807) is 0 Å². The second-order valence-corrected chi connectivity index (χ2v) is 7.10. The molecule has 5 nitrogen and oxygen atoms in total. The molecule has 0 aliphatic carbocycles. The maximum Gasteiger partial charge on any atom is 0.191 e. The van der Waals surface area contributed by atoms with E-state index < -0.39 is 0 Å². The number of aryl methyl sites for hydroxylation is 1. The Labute approximate surface area is 186 Å². The van der Waals surface area contributed by atoms with Gasteiger partial charge in [-0.1, -0.05) is 36.4 Å². The van der Waals surface area contributed by atoms with E-state index >= 15 is 0 Å². The number of guanidine groups is 1. The van der Waals surface area contributed by atoms with Crippen LogP contribution in [-0.4, -0.2) is 41.5 Å². The number of nitrogens with one attached hydrogen (secondary N) is 2. The summed E-state index contributed by atoms with van der Waals surface area (Å²) in [4.78, 5) is 11.8. The SMILES string of the molecule is CCNC(=NCc1cccc(C)n1)NCC1CCCN1Cc1ccccc1.I. The average Bonchev–Trinajstić information content (AvgIpc) is 3.12. The zero-order chi connectivity index (χ0) is 18.9. The minimum atomic E-state index is 0. The largest absolute Gasteiger partial charge is 0.357 e. The van der Waals surface area contributed by atoms with Crippen LogP contribution >= 0.6 is 24.0 Å². The lowest BCUT2D eigenvalue weighted by atomic mass is 10.2. The van der Waals surface area contributed by atoms with E-state index in [0.29, 0.717) is 12.6 Å². The molecule has 1 fully saturated rings. The van der Waals surface area contributed by atoms with Crippen LogP contribution in [0.3, 0.4) is 0 Å². The highest BCUT2D eigenvalue weighted by Gasteiger charge is 2.24. The van der Waals surface area contributed by atoms with Gasteiger partial charge in [-0.25, -0.2) is 4.99 Å². The molecule has 2 heterocycles. The predicted octanol–water partition coefficient (Wildman–Crippen LogP) is 3.73. The predicted molar refractivity (Wildman–Crippen MR) is 127 cm³/mol. The number of halogens is 1. The second-order valence-electron chi connectivity index (χ2n) is 7.10. The Kier molecular flexibility index (Phi) is 9.70. The third-order valence-corrected chi connectivity index (χ3v) is 4.92. The Morgan fingerprint density at radius 1 is 1.14 bits per heavy atom. The number of aliphatic imine (C=N–C) groups is 1. The molecule has 1 atom stereocenters. The van der Waals surface area contributed by atoms with Gasteiger partial charge in [-0.2, -0.15) is 0 Å². The summed E-state index contributed by atoms with van der Waals surface area (Å²) < 4.78 is 0. The molecular formula is C22H32IN5. The van der Waals surface area contributed by atoms with Crippen molar-refractivity contribution >= 4 is 29.9 Å². The van der Waals surface area contributed by atoms with Crippen molar-refractivity contribution in [2.24, 2.45) is 4.99 Å². The third kappa shape index (κ3) is 7.05. The lowest BCUT2D eigenvalue weighted by molar-refractivity contribution is 0.245. The molecule has 1 aliphatic rings. The van der Waals surface area contributed by atoms with E-state index in [1.807, 2.05) is 25.1 Å². The van der Waals surface area contributed by atoms with Gasteiger partial charge in [-0.3, -0.25) is 9.88 Å². The van der Waals surface area contributed by atoms with Crippen molar-refractivity contribution in [1.82, 2.24) is 20.5 Å². The van der Waals surface area contributed by atoms with Gasteiger partial charge in [0, 0.05) is 31.4 Å². The van der Waals surface area contributed by atoms with Gasteiger partial charge in [-0.15, -0.1) is 24.0 Å². The van der Waals surface area contributed by atoms with Gasteiger partial charge in [0.15, 0.2) is 5.96 Å². The highest BCUT2D eigenvalue weighted by atomic mass is 127. The first-order valence-electron chi connectivity index (χ1n) is 9.97. The zero-order valence-corrected chi connectivity index (χ0v) is 19.2. The topological polar surface area (TPSA) is 52.6 Å². The molecule has 2 N–H and O–H groups in total. The number of nitrogens with zero attached hydrogens (tertiary/aromatic N) is 3. The summed E-state index contributed by atoms with van der Waals surface area (Å²) in [5.74, 6) is 0.868. The quantitative estimate of drug-likeness (QED) is 0.351. The van der Waals surface area contributed by atoms with E-state index in [2.05, 4.69) is 57.8 Å². The molecule has 1 aromatic heterocycles. The Balaban J connectivity index is 0.00000280. The van der Waals surface area contributed by atoms with E-state index in [-0.39, 0.29) is 24.0 Å². The number of rotatable bonds is 7. The molecule has 28 heavy (non-hydrogen) atoms. The standard InChI is InChI=1S/C22H31N5.HI/c1-3-23-22(24-15-20-12-7-9-18(2)26-20)25-16-21-13-8-14-27(21)17-19-10-5-4-6-11-19;/h4-7,9-12,21H,3,8,13-17H2,1-2H3,(H2,23,24,25);1H. The van der Waals surface area contributed by atoms with Crippen molar-refractivity contribution in [3.63, 3.8) is 0 Å². The molecule has 1 unspecified atom stereocenters. The van der Waals surface area contributed by atoms with E-state index in [0.717, 1.165) is 37.0 Å². The molecule has 0 saturated carbocycles. The van der Waals surface area contributed by atoms with Gasteiger partial charge in [0.25, 0.3) is 0 Å². The Morgan fingerprint density at radius 2 is 1.96 bits per heavy atom. The van der Waals surface area contributed by atoms with E-state index in [4.69, 9.17) is 4.99 Å². The number of benzene rings is 1. The van der Waals surface area contributed by atoms with Crippen molar-refractivity contribution in [2.75, 3.05) is 19.6 Å². The Morgan fingerprint density at radius 3 is 2.71 bits per heavy atom. The molecule has 3 rings (SSSR count). The van der Waals surface area contributed by atoms with Gasteiger partial charge < -0.3 is 10.6 Å². The van der Waals surface area contributed by atoms with Crippen LogP contribution in [0.5, 0.6) is 0 Å². The summed E-state index contributed by atoms with van der Waals surface area (Å²) in [6.45, 7) is 8.66. The van der Waals surface area contributed by atoms with Crippen LogP contribution in [0.15, 0.2) is 53.5 Å².